The number of hydrogen-bond acceptors (Lipinski definition) is 3. The highest BCUT2D eigenvalue weighted by Crippen LogP contribution is 2.34. The molecule has 2 fully saturated rings. The first-order valence-electron chi connectivity index (χ1n) is 8.56. The largest absolute Gasteiger partial charge is 0.480 e. The Balaban J connectivity index is 1.52. The van der Waals surface area contributed by atoms with Crippen LogP contribution in [0.3, 0.4) is 0 Å². The van der Waals surface area contributed by atoms with Gasteiger partial charge in [0.15, 0.2) is 0 Å². The molecule has 0 heterocycles. The zero-order chi connectivity index (χ0) is 18.0. The molecule has 0 aromatic heterocycles. The van der Waals surface area contributed by atoms with Crippen molar-refractivity contribution in [1.29, 1.82) is 0 Å². The maximum atomic E-state index is 14.2. The number of benzene rings is 1. The molecule has 0 atom stereocenters. The van der Waals surface area contributed by atoms with E-state index in [4.69, 9.17) is 5.11 Å². The highest BCUT2D eigenvalue weighted by atomic mass is 19.3. The number of nitrogens with zero attached hydrogens (tertiary/aromatic N) is 1. The molecule has 1 aromatic rings. The Kier molecular flexibility index (Phi) is 5.03. The van der Waals surface area contributed by atoms with Crippen molar-refractivity contribution in [2.75, 3.05) is 13.1 Å². The van der Waals surface area contributed by atoms with Gasteiger partial charge in [0.1, 0.15) is 0 Å². The summed E-state index contributed by atoms with van der Waals surface area (Å²) in [6.07, 6.45) is 3.26. The molecular weight excluding hydrogens is 330 g/mol. The van der Waals surface area contributed by atoms with Crippen molar-refractivity contribution in [3.8, 4) is 0 Å². The molecule has 7 heteroatoms. The van der Waals surface area contributed by atoms with E-state index in [9.17, 15) is 18.4 Å². The fraction of sp³-hybridized carbons (Fsp3) is 0.556. The number of nitrogens with one attached hydrogen (secondary N) is 1. The lowest BCUT2D eigenvalue weighted by Crippen LogP contribution is -2.57. The molecule has 3 rings (SSSR count). The summed E-state index contributed by atoms with van der Waals surface area (Å²) in [5, 5.41) is 11.4. The Morgan fingerprint density at radius 1 is 1.20 bits per heavy atom. The molecule has 0 unspecified atom stereocenters. The quantitative estimate of drug-likeness (QED) is 0.753. The third-order valence-corrected chi connectivity index (χ3v) is 4.91. The highest BCUT2D eigenvalue weighted by molar-refractivity contribution is 5.85. The summed E-state index contributed by atoms with van der Waals surface area (Å²) in [5.74, 6) is -5.20. The summed E-state index contributed by atoms with van der Waals surface area (Å²) in [6, 6.07) is 6.72. The zero-order valence-corrected chi connectivity index (χ0v) is 13.8. The van der Waals surface area contributed by atoms with E-state index < -0.39 is 17.8 Å². The van der Waals surface area contributed by atoms with Crippen LogP contribution in [0.2, 0.25) is 0 Å². The predicted octanol–water partition coefficient (Wildman–Crippen LogP) is 2.22. The predicted molar refractivity (Wildman–Crippen MR) is 87.2 cm³/mol. The number of aliphatic carboxylic acids is 1. The van der Waals surface area contributed by atoms with E-state index in [2.05, 4.69) is 5.32 Å². The van der Waals surface area contributed by atoms with Crippen LogP contribution in [-0.2, 0) is 15.5 Å². The monoisotopic (exact) mass is 352 g/mol. The molecule has 0 aliphatic heterocycles. The SMILES string of the molecule is O=C(O)CN(CC1CC1)C1CC(NC(=O)C(F)(F)c2ccccc2)C1. The van der Waals surface area contributed by atoms with Gasteiger partial charge in [-0.25, -0.2) is 0 Å². The van der Waals surface area contributed by atoms with E-state index in [1.54, 1.807) is 6.07 Å². The van der Waals surface area contributed by atoms with E-state index in [-0.39, 0.29) is 24.2 Å². The number of carbonyl (C=O) groups excluding carboxylic acids is 1. The maximum Gasteiger partial charge on any atom is 0.349 e. The molecular formula is C18H22F2N2O3. The van der Waals surface area contributed by atoms with Crippen molar-refractivity contribution in [2.24, 2.45) is 5.92 Å². The minimum absolute atomic E-state index is 0.0346. The third-order valence-electron chi connectivity index (χ3n) is 4.91. The second-order valence-corrected chi connectivity index (χ2v) is 7.00. The summed E-state index contributed by atoms with van der Waals surface area (Å²) in [5.41, 5.74) is -0.329. The summed E-state index contributed by atoms with van der Waals surface area (Å²) in [7, 11) is 0. The minimum Gasteiger partial charge on any atom is -0.480 e. The fourth-order valence-electron chi connectivity index (χ4n) is 3.21. The van der Waals surface area contributed by atoms with Gasteiger partial charge in [-0.15, -0.1) is 0 Å². The van der Waals surface area contributed by atoms with Crippen LogP contribution in [0.4, 0.5) is 8.78 Å². The van der Waals surface area contributed by atoms with E-state index in [1.165, 1.54) is 24.3 Å². The van der Waals surface area contributed by atoms with Gasteiger partial charge in [0.05, 0.1) is 6.54 Å². The number of carbonyl (C=O) groups is 2. The first-order valence-corrected chi connectivity index (χ1v) is 8.56. The summed E-state index contributed by atoms with van der Waals surface area (Å²) < 4.78 is 28.4. The van der Waals surface area contributed by atoms with Crippen molar-refractivity contribution in [3.63, 3.8) is 0 Å². The molecule has 0 radical (unpaired) electrons. The Morgan fingerprint density at radius 2 is 1.84 bits per heavy atom. The topological polar surface area (TPSA) is 69.6 Å². The van der Waals surface area contributed by atoms with Crippen LogP contribution < -0.4 is 5.32 Å². The number of carboxylic acids is 1. The number of hydrogen-bond donors (Lipinski definition) is 2. The van der Waals surface area contributed by atoms with Crippen molar-refractivity contribution >= 4 is 11.9 Å². The lowest BCUT2D eigenvalue weighted by Gasteiger charge is -2.43. The Hall–Kier alpha value is -2.02. The summed E-state index contributed by atoms with van der Waals surface area (Å²) in [6.45, 7) is 0.694. The second kappa shape index (κ2) is 7.07. The zero-order valence-electron chi connectivity index (χ0n) is 13.8. The Bertz CT molecular complexity index is 628. The Morgan fingerprint density at radius 3 is 2.40 bits per heavy atom. The van der Waals surface area contributed by atoms with Crippen LogP contribution in [0, 0.1) is 5.92 Å². The van der Waals surface area contributed by atoms with Gasteiger partial charge in [-0.2, -0.15) is 8.78 Å². The van der Waals surface area contributed by atoms with Gasteiger partial charge in [-0.1, -0.05) is 30.3 Å². The molecule has 0 saturated heterocycles. The second-order valence-electron chi connectivity index (χ2n) is 7.00. The average Bonchev–Trinajstić information content (AvgIpc) is 3.34. The molecule has 1 amide bonds. The third kappa shape index (κ3) is 4.34. The van der Waals surface area contributed by atoms with E-state index in [0.29, 0.717) is 18.8 Å². The highest BCUT2D eigenvalue weighted by Gasteiger charge is 2.44. The number of rotatable bonds is 8. The number of alkyl halides is 2. The molecule has 136 valence electrons. The normalized spacial score (nSPS) is 23.2. The van der Waals surface area contributed by atoms with Gasteiger partial charge in [-0.3, -0.25) is 14.5 Å². The molecule has 5 nitrogen and oxygen atoms in total. The van der Waals surface area contributed by atoms with Crippen LogP contribution in [0.1, 0.15) is 31.2 Å². The smallest absolute Gasteiger partial charge is 0.349 e. The first-order chi connectivity index (χ1) is 11.9. The number of halogens is 2. The van der Waals surface area contributed by atoms with Gasteiger partial charge in [0.2, 0.25) is 0 Å². The van der Waals surface area contributed by atoms with Gasteiger partial charge in [-0.05, 0) is 31.6 Å². The van der Waals surface area contributed by atoms with Crippen molar-refractivity contribution in [1.82, 2.24) is 10.2 Å². The molecule has 2 saturated carbocycles. The van der Waals surface area contributed by atoms with Crippen LogP contribution >= 0.6 is 0 Å². The van der Waals surface area contributed by atoms with Crippen LogP contribution in [0.15, 0.2) is 30.3 Å². The fourth-order valence-corrected chi connectivity index (χ4v) is 3.21. The van der Waals surface area contributed by atoms with Crippen molar-refractivity contribution in [3.05, 3.63) is 35.9 Å². The average molecular weight is 352 g/mol. The van der Waals surface area contributed by atoms with Crippen molar-refractivity contribution < 1.29 is 23.5 Å². The lowest BCUT2D eigenvalue weighted by molar-refractivity contribution is -0.149. The van der Waals surface area contributed by atoms with Crippen LogP contribution in [0.5, 0.6) is 0 Å². The van der Waals surface area contributed by atoms with Gasteiger partial charge < -0.3 is 10.4 Å². The molecule has 2 N–H and O–H groups in total. The maximum absolute atomic E-state index is 14.2. The van der Waals surface area contributed by atoms with E-state index in [1.807, 2.05) is 4.90 Å². The summed E-state index contributed by atoms with van der Waals surface area (Å²) in [4.78, 5) is 24.8. The standard InChI is InChI=1S/C18H22F2N2O3/c19-18(20,13-4-2-1-3-5-13)17(25)21-14-8-15(9-14)22(11-16(23)24)10-12-6-7-12/h1-5,12,14-15H,6-11H2,(H,21,25)(H,23,24). The molecule has 2 aliphatic rings. The van der Waals surface area contributed by atoms with Crippen molar-refractivity contribution in [2.45, 2.75) is 43.7 Å². The number of carboxylic acid groups (broad SMARTS) is 1. The van der Waals surface area contributed by atoms with Gasteiger partial charge >= 0.3 is 11.9 Å². The van der Waals surface area contributed by atoms with Gasteiger partial charge in [0.25, 0.3) is 5.91 Å². The molecule has 0 bridgehead atoms. The first kappa shape index (κ1) is 17.8. The van der Waals surface area contributed by atoms with E-state index >= 15 is 0 Å². The molecule has 1 aromatic carbocycles. The Labute approximate surface area is 145 Å². The molecule has 0 spiro atoms. The summed E-state index contributed by atoms with van der Waals surface area (Å²) >= 11 is 0. The van der Waals surface area contributed by atoms with E-state index in [0.717, 1.165) is 19.4 Å². The minimum atomic E-state index is -3.57. The van der Waals surface area contributed by atoms with Crippen LogP contribution in [0.25, 0.3) is 0 Å². The molecule has 2 aliphatic carbocycles. The van der Waals surface area contributed by atoms with Gasteiger partial charge in [0, 0.05) is 24.2 Å². The van der Waals surface area contributed by atoms with Crippen LogP contribution in [-0.4, -0.2) is 47.1 Å². The molecule has 25 heavy (non-hydrogen) atoms. The lowest BCUT2D eigenvalue weighted by atomic mass is 9.85. The number of amides is 1.